The second-order valence-corrected chi connectivity index (χ2v) is 4.23. The maximum absolute atomic E-state index is 5.68. The molecule has 0 aliphatic heterocycles. The summed E-state index contributed by atoms with van der Waals surface area (Å²) in [6, 6.07) is 1.95. The summed E-state index contributed by atoms with van der Waals surface area (Å²) in [4.78, 5) is 4.28. The van der Waals surface area contributed by atoms with Crippen molar-refractivity contribution in [1.82, 2.24) is 4.98 Å². The quantitative estimate of drug-likeness (QED) is 0.676. The second kappa shape index (κ2) is 2.98. The highest BCUT2D eigenvalue weighted by molar-refractivity contribution is 5.68. The number of rotatable bonds is 0. The van der Waals surface area contributed by atoms with E-state index in [0.29, 0.717) is 5.69 Å². The Morgan fingerprint density at radius 2 is 1.93 bits per heavy atom. The smallest absolute Gasteiger partial charge is 0.0700 e. The number of hydrogen-bond acceptors (Lipinski definition) is 2. The standard InChI is InChI=1S/C12H14N2/c1-12(2)5-3-9-7-10(13)8-14-11(9)4-6-12/h3-8H,13H2,1-2H3. The van der Waals surface area contributed by atoms with Gasteiger partial charge in [0.2, 0.25) is 0 Å². The average molecular weight is 186 g/mol. The molecule has 1 heterocycles. The number of nitrogens with zero attached hydrogens (tertiary/aromatic N) is 1. The zero-order valence-electron chi connectivity index (χ0n) is 8.49. The SMILES string of the molecule is CC1(C)C=Cc2cc(N)cnc2C=C1. The van der Waals surface area contributed by atoms with Gasteiger partial charge in [0.1, 0.15) is 0 Å². The van der Waals surface area contributed by atoms with Crippen molar-refractivity contribution < 1.29 is 0 Å². The van der Waals surface area contributed by atoms with E-state index in [1.807, 2.05) is 6.07 Å². The first kappa shape index (κ1) is 9.00. The summed E-state index contributed by atoms with van der Waals surface area (Å²) in [5.74, 6) is 0. The molecule has 14 heavy (non-hydrogen) atoms. The van der Waals surface area contributed by atoms with E-state index >= 15 is 0 Å². The first-order valence-corrected chi connectivity index (χ1v) is 4.71. The molecular weight excluding hydrogens is 172 g/mol. The monoisotopic (exact) mass is 186 g/mol. The zero-order valence-corrected chi connectivity index (χ0v) is 8.49. The lowest BCUT2D eigenvalue weighted by Gasteiger charge is -2.11. The van der Waals surface area contributed by atoms with E-state index in [4.69, 9.17) is 5.73 Å². The Morgan fingerprint density at radius 3 is 2.71 bits per heavy atom. The lowest BCUT2D eigenvalue weighted by atomic mass is 9.93. The fourth-order valence-electron chi connectivity index (χ4n) is 1.44. The van der Waals surface area contributed by atoms with E-state index in [0.717, 1.165) is 11.3 Å². The van der Waals surface area contributed by atoms with Crippen molar-refractivity contribution in [2.45, 2.75) is 13.8 Å². The summed E-state index contributed by atoms with van der Waals surface area (Å²) >= 11 is 0. The minimum atomic E-state index is 0.0927. The topological polar surface area (TPSA) is 38.9 Å². The van der Waals surface area contributed by atoms with Gasteiger partial charge in [-0.3, -0.25) is 4.98 Å². The highest BCUT2D eigenvalue weighted by Gasteiger charge is 2.12. The Kier molecular flexibility index (Phi) is 1.92. The first-order chi connectivity index (χ1) is 6.57. The van der Waals surface area contributed by atoms with Gasteiger partial charge in [0.25, 0.3) is 0 Å². The second-order valence-electron chi connectivity index (χ2n) is 4.23. The van der Waals surface area contributed by atoms with Gasteiger partial charge in [0, 0.05) is 11.0 Å². The Hall–Kier alpha value is -1.57. The summed E-state index contributed by atoms with van der Waals surface area (Å²) < 4.78 is 0. The highest BCUT2D eigenvalue weighted by atomic mass is 14.7. The molecule has 0 atom stereocenters. The first-order valence-electron chi connectivity index (χ1n) is 4.71. The van der Waals surface area contributed by atoms with Gasteiger partial charge in [-0.2, -0.15) is 0 Å². The number of fused-ring (bicyclic) bond motifs is 1. The molecule has 0 unspecified atom stereocenters. The third-order valence-electron chi connectivity index (χ3n) is 2.33. The molecule has 0 saturated heterocycles. The van der Waals surface area contributed by atoms with E-state index in [2.05, 4.69) is 43.1 Å². The van der Waals surface area contributed by atoms with Crippen LogP contribution < -0.4 is 5.73 Å². The summed E-state index contributed by atoms with van der Waals surface area (Å²) in [5.41, 5.74) is 8.56. The molecule has 1 aromatic rings. The van der Waals surface area contributed by atoms with Crippen LogP contribution in [-0.4, -0.2) is 4.98 Å². The van der Waals surface area contributed by atoms with Crippen LogP contribution in [0.25, 0.3) is 12.2 Å². The molecule has 2 N–H and O–H groups in total. The van der Waals surface area contributed by atoms with Gasteiger partial charge in [0.15, 0.2) is 0 Å². The van der Waals surface area contributed by atoms with Crippen molar-refractivity contribution in [3.8, 4) is 0 Å². The van der Waals surface area contributed by atoms with Crippen LogP contribution in [0.4, 0.5) is 5.69 Å². The van der Waals surface area contributed by atoms with Gasteiger partial charge in [-0.05, 0) is 12.1 Å². The normalized spacial score (nSPS) is 17.6. The number of nitrogens with two attached hydrogens (primary N) is 1. The minimum absolute atomic E-state index is 0.0927. The molecule has 2 heteroatoms. The average Bonchev–Trinajstić information content (AvgIpc) is 2.26. The number of aromatic nitrogens is 1. The molecule has 2 nitrogen and oxygen atoms in total. The fraction of sp³-hybridized carbons (Fsp3) is 0.250. The van der Waals surface area contributed by atoms with Crippen molar-refractivity contribution in [2.75, 3.05) is 5.73 Å². The molecule has 0 spiro atoms. The van der Waals surface area contributed by atoms with Crippen LogP contribution in [0.5, 0.6) is 0 Å². The van der Waals surface area contributed by atoms with Crippen molar-refractivity contribution in [3.05, 3.63) is 35.7 Å². The summed E-state index contributed by atoms with van der Waals surface area (Å²) in [7, 11) is 0. The zero-order chi connectivity index (χ0) is 10.2. The molecule has 1 aliphatic carbocycles. The summed E-state index contributed by atoms with van der Waals surface area (Å²) in [6.45, 7) is 4.32. The van der Waals surface area contributed by atoms with Crippen LogP contribution in [0.3, 0.4) is 0 Å². The highest BCUT2D eigenvalue weighted by Crippen LogP contribution is 2.27. The maximum Gasteiger partial charge on any atom is 0.0700 e. The summed E-state index contributed by atoms with van der Waals surface area (Å²) in [5, 5.41) is 0. The van der Waals surface area contributed by atoms with Gasteiger partial charge in [0.05, 0.1) is 17.6 Å². The van der Waals surface area contributed by atoms with Gasteiger partial charge < -0.3 is 5.73 Å². The van der Waals surface area contributed by atoms with Gasteiger partial charge >= 0.3 is 0 Å². The van der Waals surface area contributed by atoms with Crippen molar-refractivity contribution in [1.29, 1.82) is 0 Å². The molecule has 2 rings (SSSR count). The molecule has 1 aliphatic rings. The molecule has 72 valence electrons. The largest absolute Gasteiger partial charge is 0.397 e. The van der Waals surface area contributed by atoms with Crippen molar-refractivity contribution >= 4 is 17.8 Å². The lowest BCUT2D eigenvalue weighted by molar-refractivity contribution is 0.633. The van der Waals surface area contributed by atoms with Crippen LogP contribution in [0.2, 0.25) is 0 Å². The summed E-state index contributed by atoms with van der Waals surface area (Å²) in [6.07, 6.45) is 10.1. The molecule has 0 amide bonds. The minimum Gasteiger partial charge on any atom is -0.397 e. The van der Waals surface area contributed by atoms with Crippen LogP contribution in [0.1, 0.15) is 25.1 Å². The Balaban J connectivity index is 2.54. The molecule has 0 bridgehead atoms. The molecule has 0 radical (unpaired) electrons. The van der Waals surface area contributed by atoms with Crippen LogP contribution in [0, 0.1) is 5.41 Å². The number of hydrogen-bond donors (Lipinski definition) is 1. The Labute approximate surface area is 84.2 Å². The predicted molar refractivity (Wildman–Crippen MR) is 60.5 cm³/mol. The van der Waals surface area contributed by atoms with Gasteiger partial charge in [-0.15, -0.1) is 0 Å². The Bertz CT molecular complexity index is 414. The third-order valence-corrected chi connectivity index (χ3v) is 2.33. The molecule has 1 aromatic heterocycles. The number of anilines is 1. The van der Waals surface area contributed by atoms with Crippen LogP contribution in [0.15, 0.2) is 24.4 Å². The number of pyridine rings is 1. The third kappa shape index (κ3) is 1.69. The van der Waals surface area contributed by atoms with E-state index in [-0.39, 0.29) is 5.41 Å². The number of allylic oxidation sites excluding steroid dienone is 2. The number of nitrogen functional groups attached to an aromatic ring is 1. The van der Waals surface area contributed by atoms with Crippen molar-refractivity contribution in [3.63, 3.8) is 0 Å². The van der Waals surface area contributed by atoms with Crippen LogP contribution >= 0.6 is 0 Å². The van der Waals surface area contributed by atoms with E-state index in [1.165, 1.54) is 0 Å². The van der Waals surface area contributed by atoms with Crippen molar-refractivity contribution in [2.24, 2.45) is 5.41 Å². The Morgan fingerprint density at radius 1 is 1.21 bits per heavy atom. The van der Waals surface area contributed by atoms with E-state index < -0.39 is 0 Å². The molecule has 0 saturated carbocycles. The lowest BCUT2D eigenvalue weighted by Crippen LogP contribution is -1.99. The van der Waals surface area contributed by atoms with E-state index in [9.17, 15) is 0 Å². The van der Waals surface area contributed by atoms with Gasteiger partial charge in [-0.1, -0.05) is 32.1 Å². The fourth-order valence-corrected chi connectivity index (χ4v) is 1.44. The molecule has 0 fully saturated rings. The van der Waals surface area contributed by atoms with Gasteiger partial charge in [-0.25, -0.2) is 0 Å². The molecule has 0 aromatic carbocycles. The maximum atomic E-state index is 5.68. The predicted octanol–water partition coefficient (Wildman–Crippen LogP) is 2.73. The molecular formula is C12H14N2. The van der Waals surface area contributed by atoms with Crippen LogP contribution in [-0.2, 0) is 0 Å². The van der Waals surface area contributed by atoms with E-state index in [1.54, 1.807) is 6.20 Å².